The predicted molar refractivity (Wildman–Crippen MR) is 91.4 cm³/mol. The third-order valence-corrected chi connectivity index (χ3v) is 5.64. The molecule has 0 N–H and O–H groups in total. The molecule has 1 aliphatic carbocycles. The van der Waals surface area contributed by atoms with Crippen molar-refractivity contribution in [1.82, 2.24) is 9.88 Å². The van der Waals surface area contributed by atoms with Crippen LogP contribution in [0, 0.1) is 11.3 Å². The second-order valence-electron chi connectivity index (χ2n) is 7.54. The van der Waals surface area contributed by atoms with Crippen molar-refractivity contribution in [3.05, 3.63) is 24.4 Å². The van der Waals surface area contributed by atoms with Crippen molar-refractivity contribution < 1.29 is 40.7 Å². The molecule has 12 heteroatoms. The van der Waals surface area contributed by atoms with Crippen LogP contribution in [0.2, 0.25) is 0 Å². The van der Waals surface area contributed by atoms with Crippen LogP contribution in [0.1, 0.15) is 19.3 Å². The lowest BCUT2D eigenvalue weighted by Gasteiger charge is -2.34. The summed E-state index contributed by atoms with van der Waals surface area (Å²) in [5.74, 6) is -0.0318. The van der Waals surface area contributed by atoms with E-state index in [1.165, 1.54) is 4.90 Å². The fourth-order valence-electron chi connectivity index (χ4n) is 3.78. The average molecular weight is 439 g/mol. The zero-order chi connectivity index (χ0) is 22.3. The van der Waals surface area contributed by atoms with Gasteiger partial charge in [-0.2, -0.15) is 26.3 Å². The molecular formula is C18H19F6N3O3. The standard InChI is InChI=1S/C18H19F6N3O3/c1-26(12-4-2-3-7-25-12)13(28)11-10-16(11)5-8-27(9-6-16)15(29)30-14(17(19,20)21)18(22,23)24/h2-4,7,11,14H,5-6,8-10H2,1H3/t11-/m1/s1. The van der Waals surface area contributed by atoms with Gasteiger partial charge < -0.3 is 9.64 Å². The van der Waals surface area contributed by atoms with Crippen LogP contribution in [0.25, 0.3) is 0 Å². The van der Waals surface area contributed by atoms with E-state index in [1.807, 2.05) is 0 Å². The number of alkyl halides is 6. The van der Waals surface area contributed by atoms with E-state index in [-0.39, 0.29) is 37.8 Å². The van der Waals surface area contributed by atoms with Crippen LogP contribution < -0.4 is 4.90 Å². The zero-order valence-electron chi connectivity index (χ0n) is 15.8. The van der Waals surface area contributed by atoms with E-state index in [0.29, 0.717) is 12.2 Å². The van der Waals surface area contributed by atoms with Crippen molar-refractivity contribution in [2.45, 2.75) is 37.7 Å². The van der Waals surface area contributed by atoms with Crippen LogP contribution in [0.4, 0.5) is 37.0 Å². The van der Waals surface area contributed by atoms with Gasteiger partial charge in [0, 0.05) is 32.3 Å². The second kappa shape index (κ2) is 7.62. The Labute approximate surface area is 167 Å². The van der Waals surface area contributed by atoms with E-state index in [9.17, 15) is 35.9 Å². The summed E-state index contributed by atoms with van der Waals surface area (Å²) >= 11 is 0. The largest absolute Gasteiger partial charge is 0.434 e. The molecule has 3 rings (SSSR count). The Balaban J connectivity index is 1.56. The number of hydrogen-bond donors (Lipinski definition) is 0. The number of amides is 2. The highest BCUT2D eigenvalue weighted by Gasteiger charge is 2.62. The van der Waals surface area contributed by atoms with Gasteiger partial charge in [0.1, 0.15) is 5.82 Å². The molecule has 2 heterocycles. The Morgan fingerprint density at radius 1 is 1.17 bits per heavy atom. The molecule has 1 saturated heterocycles. The van der Waals surface area contributed by atoms with Crippen LogP contribution in [-0.2, 0) is 9.53 Å². The molecule has 1 aliphatic heterocycles. The molecule has 0 radical (unpaired) electrons. The molecule has 1 saturated carbocycles. The summed E-state index contributed by atoms with van der Waals surface area (Å²) in [6.07, 6.45) is -14.7. The van der Waals surface area contributed by atoms with E-state index in [4.69, 9.17) is 0 Å². The van der Waals surface area contributed by atoms with E-state index in [0.717, 1.165) is 4.90 Å². The summed E-state index contributed by atoms with van der Waals surface area (Å²) in [6.45, 7) is -0.170. The van der Waals surface area contributed by atoms with E-state index < -0.39 is 30.0 Å². The SMILES string of the molecule is CN(C(=O)[C@H]1CC12CCN(C(=O)OC(C(F)(F)F)C(F)(F)F)CC2)c1ccccn1. The summed E-state index contributed by atoms with van der Waals surface area (Å²) < 4.78 is 79.1. The van der Waals surface area contributed by atoms with Gasteiger partial charge in [-0.1, -0.05) is 6.07 Å². The lowest BCUT2D eigenvalue weighted by atomic mass is 9.90. The molecule has 2 aliphatic rings. The van der Waals surface area contributed by atoms with Crippen molar-refractivity contribution in [2.75, 3.05) is 25.0 Å². The number of nitrogens with zero attached hydrogens (tertiary/aromatic N) is 3. The summed E-state index contributed by atoms with van der Waals surface area (Å²) in [4.78, 5) is 30.9. The smallest absolute Gasteiger partial charge is 0.426 e. The third kappa shape index (κ3) is 4.46. The first-order chi connectivity index (χ1) is 13.8. The molecular weight excluding hydrogens is 420 g/mol. The first kappa shape index (κ1) is 22.2. The summed E-state index contributed by atoms with van der Waals surface area (Å²) in [6, 6.07) is 5.11. The fourth-order valence-corrected chi connectivity index (χ4v) is 3.78. The molecule has 1 aromatic heterocycles. The Morgan fingerprint density at radius 3 is 2.27 bits per heavy atom. The molecule has 166 valence electrons. The quantitative estimate of drug-likeness (QED) is 0.673. The number of aromatic nitrogens is 1. The van der Waals surface area contributed by atoms with E-state index in [1.54, 1.807) is 31.4 Å². The number of ether oxygens (including phenoxy) is 1. The van der Waals surface area contributed by atoms with Gasteiger partial charge >= 0.3 is 18.4 Å². The first-order valence-corrected chi connectivity index (χ1v) is 9.13. The maximum Gasteiger partial charge on any atom is 0.434 e. The lowest BCUT2D eigenvalue weighted by molar-refractivity contribution is -0.308. The number of piperidine rings is 1. The van der Waals surface area contributed by atoms with Crippen LogP contribution in [0.3, 0.4) is 0 Å². The monoisotopic (exact) mass is 439 g/mol. The number of anilines is 1. The molecule has 1 atom stereocenters. The second-order valence-corrected chi connectivity index (χ2v) is 7.54. The van der Waals surface area contributed by atoms with Crippen molar-refractivity contribution in [3.63, 3.8) is 0 Å². The van der Waals surface area contributed by atoms with Gasteiger partial charge in [-0.3, -0.25) is 9.69 Å². The molecule has 2 fully saturated rings. The van der Waals surface area contributed by atoms with Crippen LogP contribution >= 0.6 is 0 Å². The number of pyridine rings is 1. The van der Waals surface area contributed by atoms with Crippen LogP contribution in [0.5, 0.6) is 0 Å². The van der Waals surface area contributed by atoms with E-state index >= 15 is 0 Å². The predicted octanol–water partition coefficient (Wildman–Crippen LogP) is 3.78. The number of hydrogen-bond acceptors (Lipinski definition) is 4. The minimum absolute atomic E-state index is 0.0850. The average Bonchev–Trinajstić information content (AvgIpc) is 3.37. The van der Waals surface area contributed by atoms with Crippen molar-refractivity contribution in [3.8, 4) is 0 Å². The Kier molecular flexibility index (Phi) is 5.63. The Hall–Kier alpha value is -2.53. The maximum atomic E-state index is 12.7. The van der Waals surface area contributed by atoms with Crippen molar-refractivity contribution in [2.24, 2.45) is 11.3 Å². The van der Waals surface area contributed by atoms with Gasteiger partial charge in [-0.25, -0.2) is 9.78 Å². The number of rotatable bonds is 3. The minimum atomic E-state index is -5.75. The normalized spacial score (nSPS) is 20.9. The van der Waals surface area contributed by atoms with E-state index in [2.05, 4.69) is 9.72 Å². The van der Waals surface area contributed by atoms with Crippen LogP contribution in [0.15, 0.2) is 24.4 Å². The molecule has 1 spiro atoms. The fraction of sp³-hybridized carbons (Fsp3) is 0.611. The highest BCUT2D eigenvalue weighted by molar-refractivity contribution is 5.96. The van der Waals surface area contributed by atoms with Gasteiger partial charge in [0.15, 0.2) is 0 Å². The first-order valence-electron chi connectivity index (χ1n) is 9.13. The van der Waals surface area contributed by atoms with Gasteiger partial charge in [0.25, 0.3) is 6.10 Å². The number of halogens is 6. The van der Waals surface area contributed by atoms with Gasteiger partial charge in [0.2, 0.25) is 5.91 Å². The molecule has 6 nitrogen and oxygen atoms in total. The number of carbonyl (C=O) groups is 2. The summed E-state index contributed by atoms with van der Waals surface area (Å²) in [5, 5.41) is 0. The van der Waals surface area contributed by atoms with Crippen molar-refractivity contribution in [1.29, 1.82) is 0 Å². The van der Waals surface area contributed by atoms with Crippen molar-refractivity contribution >= 4 is 17.8 Å². The molecule has 0 aromatic carbocycles. The Morgan fingerprint density at radius 2 is 1.77 bits per heavy atom. The molecule has 30 heavy (non-hydrogen) atoms. The van der Waals surface area contributed by atoms with Crippen LogP contribution in [-0.4, -0.2) is 60.5 Å². The summed E-state index contributed by atoms with van der Waals surface area (Å²) in [7, 11) is 1.58. The highest BCUT2D eigenvalue weighted by atomic mass is 19.4. The topological polar surface area (TPSA) is 62.7 Å². The molecule has 0 unspecified atom stereocenters. The number of likely N-dealkylation sites (tertiary alicyclic amines) is 1. The lowest BCUT2D eigenvalue weighted by Crippen LogP contribution is -2.49. The zero-order valence-corrected chi connectivity index (χ0v) is 15.8. The van der Waals surface area contributed by atoms with Gasteiger partial charge in [0.05, 0.1) is 0 Å². The molecule has 1 aromatic rings. The van der Waals surface area contributed by atoms with Gasteiger partial charge in [-0.05, 0) is 36.8 Å². The molecule has 2 amide bonds. The Bertz CT molecular complexity index is 777. The van der Waals surface area contributed by atoms with Gasteiger partial charge in [-0.15, -0.1) is 0 Å². The number of carbonyl (C=O) groups excluding carboxylic acids is 2. The molecule has 0 bridgehead atoms. The third-order valence-electron chi connectivity index (χ3n) is 5.64. The highest BCUT2D eigenvalue weighted by Crippen LogP contribution is 2.60. The minimum Gasteiger partial charge on any atom is -0.426 e. The maximum absolute atomic E-state index is 12.7. The summed E-state index contributed by atoms with van der Waals surface area (Å²) in [5.41, 5.74) is -0.412.